The average Bonchev–Trinajstić information content (AvgIpc) is 2.76. The van der Waals surface area contributed by atoms with Crippen LogP contribution in [0.1, 0.15) is 15.2 Å². The van der Waals surface area contributed by atoms with Crippen molar-refractivity contribution in [3.63, 3.8) is 0 Å². The van der Waals surface area contributed by atoms with E-state index < -0.39 is 16.0 Å². The van der Waals surface area contributed by atoms with Crippen molar-refractivity contribution in [1.82, 2.24) is 0 Å². The molecule has 2 aromatic rings. The highest BCUT2D eigenvalue weighted by Crippen LogP contribution is 2.31. The Kier molecular flexibility index (Phi) is 4.48. The quantitative estimate of drug-likeness (QED) is 0.861. The van der Waals surface area contributed by atoms with Crippen LogP contribution >= 0.6 is 34.5 Å². The lowest BCUT2D eigenvalue weighted by Crippen LogP contribution is -2.11. The number of thiophene rings is 1. The molecule has 1 aromatic carbocycles. The Labute approximate surface area is 135 Å². The van der Waals surface area contributed by atoms with Crippen LogP contribution in [0.15, 0.2) is 28.5 Å². The molecule has 0 saturated heterocycles. The summed E-state index contributed by atoms with van der Waals surface area (Å²) < 4.78 is 26.7. The van der Waals surface area contributed by atoms with Gasteiger partial charge in [-0.1, -0.05) is 23.2 Å². The molecule has 2 N–H and O–H groups in total. The topological polar surface area (TPSA) is 83.5 Å². The van der Waals surface area contributed by atoms with E-state index in [0.717, 1.165) is 0 Å². The molecule has 9 heteroatoms. The molecule has 0 atom stereocenters. The summed E-state index contributed by atoms with van der Waals surface area (Å²) in [6.07, 6.45) is 0. The standard InChI is InChI=1S/C12H9Cl2NO4S2/c1-6-4-10(20-11(6)12(16)17)21(18,19)15-9-3-2-7(13)5-8(9)14/h2-5,15H,1H3,(H,16,17). The molecule has 112 valence electrons. The van der Waals surface area contributed by atoms with Gasteiger partial charge >= 0.3 is 5.97 Å². The fourth-order valence-electron chi connectivity index (χ4n) is 1.56. The summed E-state index contributed by atoms with van der Waals surface area (Å²) in [6, 6.07) is 5.64. The van der Waals surface area contributed by atoms with Crippen LogP contribution in [0.5, 0.6) is 0 Å². The van der Waals surface area contributed by atoms with E-state index in [2.05, 4.69) is 4.72 Å². The van der Waals surface area contributed by atoms with Gasteiger partial charge in [-0.3, -0.25) is 4.72 Å². The van der Waals surface area contributed by atoms with E-state index in [1.54, 1.807) is 0 Å². The van der Waals surface area contributed by atoms with Crippen molar-refractivity contribution < 1.29 is 18.3 Å². The summed E-state index contributed by atoms with van der Waals surface area (Å²) in [7, 11) is -3.91. The van der Waals surface area contributed by atoms with Gasteiger partial charge in [-0.2, -0.15) is 0 Å². The highest BCUT2D eigenvalue weighted by atomic mass is 35.5. The molecule has 0 aliphatic rings. The summed E-state index contributed by atoms with van der Waals surface area (Å²) >= 11 is 12.3. The van der Waals surface area contributed by atoms with Gasteiger partial charge in [0.15, 0.2) is 0 Å². The molecular weight excluding hydrogens is 357 g/mol. The lowest BCUT2D eigenvalue weighted by molar-refractivity contribution is 0.0701. The van der Waals surface area contributed by atoms with Crippen molar-refractivity contribution in [2.45, 2.75) is 11.1 Å². The Morgan fingerprint density at radius 2 is 1.95 bits per heavy atom. The van der Waals surface area contributed by atoms with Crippen LogP contribution in [-0.2, 0) is 10.0 Å². The zero-order valence-electron chi connectivity index (χ0n) is 10.6. The van der Waals surface area contributed by atoms with Crippen LogP contribution in [0.3, 0.4) is 0 Å². The third-order valence-corrected chi connectivity index (χ3v) is 6.14. The van der Waals surface area contributed by atoms with Crippen molar-refractivity contribution in [3.05, 3.63) is 44.8 Å². The number of nitrogens with one attached hydrogen (secondary N) is 1. The maximum absolute atomic E-state index is 12.2. The van der Waals surface area contributed by atoms with Crippen LogP contribution in [0.4, 0.5) is 5.69 Å². The number of anilines is 1. The molecule has 0 saturated carbocycles. The second-order valence-electron chi connectivity index (χ2n) is 4.11. The van der Waals surface area contributed by atoms with E-state index in [-0.39, 0.29) is 19.8 Å². The largest absolute Gasteiger partial charge is 0.477 e. The van der Waals surface area contributed by atoms with Crippen LogP contribution in [-0.4, -0.2) is 19.5 Å². The molecule has 0 spiro atoms. The predicted molar refractivity (Wildman–Crippen MR) is 83.3 cm³/mol. The van der Waals surface area contributed by atoms with E-state index in [1.807, 2.05) is 0 Å². The SMILES string of the molecule is Cc1cc(S(=O)(=O)Nc2ccc(Cl)cc2Cl)sc1C(=O)O. The highest BCUT2D eigenvalue weighted by molar-refractivity contribution is 7.94. The molecule has 2 rings (SSSR count). The zero-order chi connectivity index (χ0) is 15.8. The number of benzene rings is 1. The third kappa shape index (κ3) is 3.49. The van der Waals surface area contributed by atoms with Crippen molar-refractivity contribution >= 4 is 56.2 Å². The normalized spacial score (nSPS) is 11.4. The maximum Gasteiger partial charge on any atom is 0.346 e. The molecule has 21 heavy (non-hydrogen) atoms. The van der Waals surface area contributed by atoms with Gasteiger partial charge in [-0.15, -0.1) is 11.3 Å². The van der Waals surface area contributed by atoms with Crippen LogP contribution < -0.4 is 4.72 Å². The van der Waals surface area contributed by atoms with E-state index in [9.17, 15) is 13.2 Å². The van der Waals surface area contributed by atoms with E-state index >= 15 is 0 Å². The Hall–Kier alpha value is -1.28. The average molecular weight is 366 g/mol. The van der Waals surface area contributed by atoms with Gasteiger partial charge in [0, 0.05) is 5.02 Å². The van der Waals surface area contributed by atoms with Gasteiger partial charge in [-0.25, -0.2) is 13.2 Å². The minimum atomic E-state index is -3.91. The summed E-state index contributed by atoms with van der Waals surface area (Å²) in [5.41, 5.74) is 0.555. The van der Waals surface area contributed by atoms with Crippen molar-refractivity contribution in [1.29, 1.82) is 0 Å². The highest BCUT2D eigenvalue weighted by Gasteiger charge is 2.22. The first-order valence-electron chi connectivity index (χ1n) is 5.52. The second-order valence-corrected chi connectivity index (χ2v) is 7.92. The fraction of sp³-hybridized carbons (Fsp3) is 0.0833. The van der Waals surface area contributed by atoms with E-state index in [1.165, 1.54) is 31.2 Å². The first-order chi connectivity index (χ1) is 9.70. The first kappa shape index (κ1) is 16.1. The molecule has 0 bridgehead atoms. The van der Waals surface area contributed by atoms with Gasteiger partial charge in [0.2, 0.25) is 0 Å². The van der Waals surface area contributed by atoms with Gasteiger partial charge in [-0.05, 0) is 36.8 Å². The lowest BCUT2D eigenvalue weighted by Gasteiger charge is -2.08. The molecule has 0 fully saturated rings. The number of hydrogen-bond acceptors (Lipinski definition) is 4. The van der Waals surface area contributed by atoms with Gasteiger partial charge in [0.25, 0.3) is 10.0 Å². The number of aromatic carboxylic acids is 1. The molecule has 5 nitrogen and oxygen atoms in total. The summed E-state index contributed by atoms with van der Waals surface area (Å²) in [5.74, 6) is -1.16. The van der Waals surface area contributed by atoms with E-state index in [0.29, 0.717) is 21.9 Å². The number of aryl methyl sites for hydroxylation is 1. The molecule has 0 amide bonds. The number of sulfonamides is 1. The minimum Gasteiger partial charge on any atom is -0.477 e. The Bertz CT molecular complexity index is 815. The van der Waals surface area contributed by atoms with Gasteiger partial charge < -0.3 is 5.11 Å². The fourth-order valence-corrected chi connectivity index (χ4v) is 4.53. The Morgan fingerprint density at radius 3 is 2.48 bits per heavy atom. The second kappa shape index (κ2) is 5.84. The molecular formula is C12H9Cl2NO4S2. The number of carbonyl (C=O) groups is 1. The first-order valence-corrected chi connectivity index (χ1v) is 8.58. The molecule has 0 unspecified atom stereocenters. The predicted octanol–water partition coefficient (Wildman–Crippen LogP) is 3.86. The number of halogens is 2. The van der Waals surface area contributed by atoms with Crippen LogP contribution in [0.2, 0.25) is 10.0 Å². The number of carboxylic acid groups (broad SMARTS) is 1. The molecule has 1 heterocycles. The monoisotopic (exact) mass is 365 g/mol. The number of carboxylic acids is 1. The molecule has 0 aliphatic carbocycles. The summed E-state index contributed by atoms with van der Waals surface area (Å²) in [6.45, 7) is 1.54. The maximum atomic E-state index is 12.2. The number of hydrogen-bond donors (Lipinski definition) is 2. The zero-order valence-corrected chi connectivity index (χ0v) is 13.7. The van der Waals surface area contributed by atoms with Crippen molar-refractivity contribution in [2.75, 3.05) is 4.72 Å². The third-order valence-electron chi connectivity index (χ3n) is 2.53. The Balaban J connectivity index is 2.38. The van der Waals surface area contributed by atoms with Crippen molar-refractivity contribution in [2.24, 2.45) is 0 Å². The molecule has 1 aromatic heterocycles. The van der Waals surface area contributed by atoms with Gasteiger partial charge in [0.05, 0.1) is 10.7 Å². The summed E-state index contributed by atoms with van der Waals surface area (Å²) in [4.78, 5) is 11.0. The van der Waals surface area contributed by atoms with E-state index in [4.69, 9.17) is 28.3 Å². The Morgan fingerprint density at radius 1 is 1.29 bits per heavy atom. The smallest absolute Gasteiger partial charge is 0.346 e. The molecule has 0 aliphatic heterocycles. The van der Waals surface area contributed by atoms with Crippen molar-refractivity contribution in [3.8, 4) is 0 Å². The number of rotatable bonds is 4. The van der Waals surface area contributed by atoms with Crippen LogP contribution in [0.25, 0.3) is 0 Å². The van der Waals surface area contributed by atoms with Gasteiger partial charge in [0.1, 0.15) is 9.09 Å². The minimum absolute atomic E-state index is 0.0161. The lowest BCUT2D eigenvalue weighted by atomic mass is 10.3. The summed E-state index contributed by atoms with van der Waals surface area (Å²) in [5, 5.41) is 9.50. The van der Waals surface area contributed by atoms with Crippen LogP contribution in [0, 0.1) is 6.92 Å². The molecule has 0 radical (unpaired) electrons.